The molecule has 0 saturated heterocycles. The van der Waals surface area contributed by atoms with Crippen molar-refractivity contribution < 1.29 is 9.47 Å². The van der Waals surface area contributed by atoms with E-state index in [1.165, 1.54) is 25.7 Å². The fourth-order valence-electron chi connectivity index (χ4n) is 3.46. The standard InChI is InChI=1S/C17H32N2O2S/c1-17(2,3)21-9-5-8-20-12-18-16(22-4)19-15-11-13-6-7-14(15)10-13/h13-15H,5-12H2,1-4H3,(H,18,19)/t13-,14+,15+/m1/s1. The van der Waals surface area contributed by atoms with Gasteiger partial charge in [-0.25, -0.2) is 4.99 Å². The molecule has 2 rings (SSSR count). The molecule has 2 saturated carbocycles. The summed E-state index contributed by atoms with van der Waals surface area (Å²) in [6.07, 6.45) is 8.58. The Morgan fingerprint density at radius 2 is 2.05 bits per heavy atom. The maximum absolute atomic E-state index is 5.66. The van der Waals surface area contributed by atoms with Gasteiger partial charge in [-0.3, -0.25) is 0 Å². The van der Waals surface area contributed by atoms with Gasteiger partial charge in [0.1, 0.15) is 6.73 Å². The normalized spacial score (nSPS) is 28.4. The summed E-state index contributed by atoms with van der Waals surface area (Å²) in [5.41, 5.74) is -0.0608. The molecule has 5 heteroatoms. The van der Waals surface area contributed by atoms with Gasteiger partial charge in [0.2, 0.25) is 0 Å². The highest BCUT2D eigenvalue weighted by atomic mass is 32.2. The van der Waals surface area contributed by atoms with Crippen molar-refractivity contribution in [2.45, 2.75) is 64.5 Å². The molecule has 1 N–H and O–H groups in total. The first-order valence-electron chi connectivity index (χ1n) is 8.54. The van der Waals surface area contributed by atoms with Crippen molar-refractivity contribution in [3.63, 3.8) is 0 Å². The van der Waals surface area contributed by atoms with E-state index >= 15 is 0 Å². The second kappa shape index (κ2) is 8.55. The van der Waals surface area contributed by atoms with Crippen molar-refractivity contribution >= 4 is 16.9 Å². The van der Waals surface area contributed by atoms with Gasteiger partial charge in [-0.15, -0.1) is 0 Å². The summed E-state index contributed by atoms with van der Waals surface area (Å²) in [6, 6.07) is 0.644. The van der Waals surface area contributed by atoms with Crippen LogP contribution in [0.25, 0.3) is 0 Å². The number of thioether (sulfide) groups is 1. The molecule has 0 aliphatic heterocycles. The summed E-state index contributed by atoms with van der Waals surface area (Å²) in [5.74, 6) is 1.84. The molecular formula is C17H32N2O2S. The minimum Gasteiger partial charge on any atom is -0.376 e. The summed E-state index contributed by atoms with van der Waals surface area (Å²) in [4.78, 5) is 4.54. The maximum atomic E-state index is 5.66. The predicted molar refractivity (Wildman–Crippen MR) is 94.5 cm³/mol. The van der Waals surface area contributed by atoms with Crippen LogP contribution in [0.3, 0.4) is 0 Å². The quantitative estimate of drug-likeness (QED) is 0.440. The van der Waals surface area contributed by atoms with Gasteiger partial charge >= 0.3 is 0 Å². The monoisotopic (exact) mass is 328 g/mol. The zero-order valence-electron chi connectivity index (χ0n) is 14.6. The molecule has 0 aromatic rings. The maximum Gasteiger partial charge on any atom is 0.158 e. The number of rotatable bonds is 7. The highest BCUT2D eigenvalue weighted by Gasteiger charge is 2.39. The van der Waals surface area contributed by atoms with Gasteiger partial charge in [-0.1, -0.05) is 18.2 Å². The molecule has 0 heterocycles. The Morgan fingerprint density at radius 3 is 2.64 bits per heavy atom. The van der Waals surface area contributed by atoms with E-state index in [9.17, 15) is 0 Å². The smallest absolute Gasteiger partial charge is 0.158 e. The average molecular weight is 329 g/mol. The first-order valence-corrected chi connectivity index (χ1v) is 9.77. The Hall–Kier alpha value is -0.260. The summed E-state index contributed by atoms with van der Waals surface area (Å²) >= 11 is 1.69. The summed E-state index contributed by atoms with van der Waals surface area (Å²) in [5, 5.41) is 4.66. The Bertz CT molecular complexity index is 368. The van der Waals surface area contributed by atoms with E-state index in [4.69, 9.17) is 9.47 Å². The van der Waals surface area contributed by atoms with E-state index in [0.29, 0.717) is 19.4 Å². The van der Waals surface area contributed by atoms with Gasteiger partial charge in [-0.05, 0) is 64.5 Å². The minimum absolute atomic E-state index is 0.0608. The molecule has 3 atom stereocenters. The van der Waals surface area contributed by atoms with Gasteiger partial charge < -0.3 is 14.8 Å². The SMILES string of the molecule is CSC(=NCOCCCOC(C)(C)C)N[C@H]1C[C@@H]2CC[C@H]1C2. The lowest BCUT2D eigenvalue weighted by Gasteiger charge is -2.24. The fraction of sp³-hybridized carbons (Fsp3) is 0.941. The van der Waals surface area contributed by atoms with Gasteiger partial charge in [0.15, 0.2) is 5.17 Å². The van der Waals surface area contributed by atoms with Crippen molar-refractivity contribution in [3.05, 3.63) is 0 Å². The van der Waals surface area contributed by atoms with Crippen LogP contribution in [0.1, 0.15) is 52.9 Å². The van der Waals surface area contributed by atoms with Crippen LogP contribution in [-0.4, -0.2) is 43.0 Å². The van der Waals surface area contributed by atoms with Crippen molar-refractivity contribution in [1.82, 2.24) is 5.32 Å². The van der Waals surface area contributed by atoms with E-state index < -0.39 is 0 Å². The second-order valence-corrected chi connectivity index (χ2v) is 8.24. The van der Waals surface area contributed by atoms with E-state index in [-0.39, 0.29) is 5.60 Å². The molecule has 128 valence electrons. The fourth-order valence-corrected chi connectivity index (χ4v) is 3.91. The lowest BCUT2D eigenvalue weighted by atomic mass is 9.96. The van der Waals surface area contributed by atoms with E-state index in [0.717, 1.165) is 30.0 Å². The summed E-state index contributed by atoms with van der Waals surface area (Å²) in [7, 11) is 0. The Balaban J connectivity index is 1.57. The van der Waals surface area contributed by atoms with Crippen LogP contribution in [0.2, 0.25) is 0 Å². The summed E-state index contributed by atoms with van der Waals surface area (Å²) < 4.78 is 11.2. The second-order valence-electron chi connectivity index (χ2n) is 7.44. The van der Waals surface area contributed by atoms with Crippen molar-refractivity contribution in [2.75, 3.05) is 26.2 Å². The van der Waals surface area contributed by atoms with Gasteiger partial charge in [0, 0.05) is 12.6 Å². The number of amidine groups is 1. The molecule has 2 bridgehead atoms. The van der Waals surface area contributed by atoms with Crippen LogP contribution in [0, 0.1) is 11.8 Å². The molecule has 22 heavy (non-hydrogen) atoms. The molecule has 0 radical (unpaired) electrons. The Morgan fingerprint density at radius 1 is 1.23 bits per heavy atom. The van der Waals surface area contributed by atoms with Crippen LogP contribution in [0.15, 0.2) is 4.99 Å². The van der Waals surface area contributed by atoms with E-state index in [1.54, 1.807) is 11.8 Å². The van der Waals surface area contributed by atoms with E-state index in [1.807, 2.05) is 0 Å². The van der Waals surface area contributed by atoms with Gasteiger partial charge in [0.05, 0.1) is 12.2 Å². The number of hydrogen-bond donors (Lipinski definition) is 1. The highest BCUT2D eigenvalue weighted by Crippen LogP contribution is 2.44. The first-order chi connectivity index (χ1) is 10.5. The zero-order valence-corrected chi connectivity index (χ0v) is 15.4. The van der Waals surface area contributed by atoms with Gasteiger partial charge in [-0.2, -0.15) is 0 Å². The van der Waals surface area contributed by atoms with Gasteiger partial charge in [0.25, 0.3) is 0 Å². The highest BCUT2D eigenvalue weighted by molar-refractivity contribution is 8.13. The van der Waals surface area contributed by atoms with E-state index in [2.05, 4.69) is 37.3 Å². The third-order valence-electron chi connectivity index (χ3n) is 4.51. The molecule has 2 aliphatic carbocycles. The third kappa shape index (κ3) is 6.09. The van der Waals surface area contributed by atoms with Crippen LogP contribution in [0.4, 0.5) is 0 Å². The first kappa shape index (κ1) is 18.1. The average Bonchev–Trinajstić information content (AvgIpc) is 3.06. The van der Waals surface area contributed by atoms with Crippen LogP contribution < -0.4 is 5.32 Å². The molecule has 0 amide bonds. The molecule has 0 spiro atoms. The molecule has 4 nitrogen and oxygen atoms in total. The molecule has 0 unspecified atom stereocenters. The van der Waals surface area contributed by atoms with Crippen molar-refractivity contribution in [1.29, 1.82) is 0 Å². The molecule has 0 aromatic heterocycles. The van der Waals surface area contributed by atoms with Crippen molar-refractivity contribution in [2.24, 2.45) is 16.8 Å². The number of nitrogens with one attached hydrogen (secondary N) is 1. The predicted octanol–water partition coefficient (Wildman–Crippen LogP) is 3.66. The van der Waals surface area contributed by atoms with Crippen LogP contribution in [-0.2, 0) is 9.47 Å². The number of nitrogens with zero attached hydrogens (tertiary/aromatic N) is 1. The minimum atomic E-state index is -0.0608. The molecule has 0 aromatic carbocycles. The lowest BCUT2D eigenvalue weighted by Crippen LogP contribution is -2.37. The number of hydrogen-bond acceptors (Lipinski definition) is 4. The summed E-state index contributed by atoms with van der Waals surface area (Å²) in [6.45, 7) is 8.11. The number of aliphatic imine (C=N–C) groups is 1. The Kier molecular flexibility index (Phi) is 7.03. The van der Waals surface area contributed by atoms with Crippen molar-refractivity contribution in [3.8, 4) is 0 Å². The Labute approximate surface area is 139 Å². The molecular weight excluding hydrogens is 296 g/mol. The third-order valence-corrected chi connectivity index (χ3v) is 5.14. The molecule has 2 aliphatic rings. The lowest BCUT2D eigenvalue weighted by molar-refractivity contribution is -0.0134. The topological polar surface area (TPSA) is 42.9 Å². The number of ether oxygens (including phenoxy) is 2. The van der Waals surface area contributed by atoms with Crippen LogP contribution >= 0.6 is 11.8 Å². The number of fused-ring (bicyclic) bond motifs is 2. The largest absolute Gasteiger partial charge is 0.376 e. The van der Waals surface area contributed by atoms with Crippen LogP contribution in [0.5, 0.6) is 0 Å². The zero-order chi connectivity index (χ0) is 16.0. The molecule has 2 fully saturated rings.